The summed E-state index contributed by atoms with van der Waals surface area (Å²) in [6.45, 7) is 5.80. The first-order valence-corrected chi connectivity index (χ1v) is 8.33. The van der Waals surface area contributed by atoms with Gasteiger partial charge in [-0.05, 0) is 25.0 Å². The standard InChI is InChI=1S/C20H22N2O/c1-3-13-22(14-4-2)20(23)19-15-9-5-7-11-17(15)21-18-12-8-6-10-16(18)19/h5-12H,3-4,13-14H2,1-2H3. The molecule has 23 heavy (non-hydrogen) atoms. The number of hydrogen-bond acceptors (Lipinski definition) is 2. The van der Waals surface area contributed by atoms with Crippen LogP contribution in [0.25, 0.3) is 21.8 Å². The minimum Gasteiger partial charge on any atom is -0.339 e. The van der Waals surface area contributed by atoms with E-state index in [9.17, 15) is 4.79 Å². The maximum absolute atomic E-state index is 13.3. The molecule has 1 heterocycles. The van der Waals surface area contributed by atoms with Crippen molar-refractivity contribution in [2.45, 2.75) is 26.7 Å². The number of para-hydroxylation sites is 2. The first-order valence-electron chi connectivity index (χ1n) is 8.33. The van der Waals surface area contributed by atoms with Gasteiger partial charge in [0.25, 0.3) is 5.91 Å². The highest BCUT2D eigenvalue weighted by Crippen LogP contribution is 2.27. The second kappa shape index (κ2) is 6.78. The Morgan fingerprint density at radius 1 is 0.870 bits per heavy atom. The summed E-state index contributed by atoms with van der Waals surface area (Å²) in [5.41, 5.74) is 2.54. The highest BCUT2D eigenvalue weighted by atomic mass is 16.2. The van der Waals surface area contributed by atoms with Crippen LogP contribution in [0.3, 0.4) is 0 Å². The predicted octanol–water partition coefficient (Wildman–Crippen LogP) is 4.65. The van der Waals surface area contributed by atoms with Crippen LogP contribution in [-0.2, 0) is 0 Å². The fraction of sp³-hybridized carbons (Fsp3) is 0.300. The normalized spacial score (nSPS) is 11.0. The Hall–Kier alpha value is -2.42. The summed E-state index contributed by atoms with van der Waals surface area (Å²) in [5.74, 6) is 0.114. The van der Waals surface area contributed by atoms with Gasteiger partial charge in [-0.2, -0.15) is 0 Å². The third-order valence-corrected chi connectivity index (χ3v) is 4.08. The van der Waals surface area contributed by atoms with Gasteiger partial charge in [-0.1, -0.05) is 50.2 Å². The SMILES string of the molecule is CCCN(CCC)C(=O)c1c2ccccc2nc2ccccc12. The molecule has 0 fully saturated rings. The molecule has 0 atom stereocenters. The van der Waals surface area contributed by atoms with Crippen molar-refractivity contribution in [3.8, 4) is 0 Å². The molecule has 0 N–H and O–H groups in total. The number of benzene rings is 2. The molecule has 1 amide bonds. The van der Waals surface area contributed by atoms with Crippen LogP contribution in [-0.4, -0.2) is 28.9 Å². The van der Waals surface area contributed by atoms with Crippen molar-refractivity contribution in [2.75, 3.05) is 13.1 Å². The molecule has 2 aromatic carbocycles. The van der Waals surface area contributed by atoms with Crippen LogP contribution in [0.15, 0.2) is 48.5 Å². The topological polar surface area (TPSA) is 33.2 Å². The van der Waals surface area contributed by atoms with Crippen molar-refractivity contribution in [1.82, 2.24) is 9.88 Å². The minimum absolute atomic E-state index is 0.114. The molecule has 118 valence electrons. The highest BCUT2D eigenvalue weighted by molar-refractivity contribution is 6.16. The van der Waals surface area contributed by atoms with Crippen molar-refractivity contribution in [1.29, 1.82) is 0 Å². The summed E-state index contributed by atoms with van der Waals surface area (Å²) in [4.78, 5) is 19.9. The van der Waals surface area contributed by atoms with Crippen LogP contribution in [0.1, 0.15) is 37.0 Å². The summed E-state index contributed by atoms with van der Waals surface area (Å²) >= 11 is 0. The number of carbonyl (C=O) groups excluding carboxylic acids is 1. The molecule has 1 aromatic heterocycles. The molecule has 0 aliphatic rings. The molecular weight excluding hydrogens is 284 g/mol. The highest BCUT2D eigenvalue weighted by Gasteiger charge is 2.20. The van der Waals surface area contributed by atoms with Gasteiger partial charge in [-0.3, -0.25) is 4.79 Å². The molecule has 0 saturated heterocycles. The number of pyridine rings is 1. The largest absolute Gasteiger partial charge is 0.339 e. The zero-order valence-electron chi connectivity index (χ0n) is 13.7. The monoisotopic (exact) mass is 306 g/mol. The summed E-state index contributed by atoms with van der Waals surface area (Å²) in [6.07, 6.45) is 1.93. The molecule has 0 spiro atoms. The third-order valence-electron chi connectivity index (χ3n) is 4.08. The van der Waals surface area contributed by atoms with E-state index >= 15 is 0 Å². The first kappa shape index (κ1) is 15.5. The molecule has 3 rings (SSSR count). The van der Waals surface area contributed by atoms with Crippen molar-refractivity contribution in [2.24, 2.45) is 0 Å². The van der Waals surface area contributed by atoms with Gasteiger partial charge in [0, 0.05) is 23.9 Å². The van der Waals surface area contributed by atoms with E-state index in [1.54, 1.807) is 0 Å². The van der Waals surface area contributed by atoms with Crippen molar-refractivity contribution in [3.05, 3.63) is 54.1 Å². The van der Waals surface area contributed by atoms with Crippen LogP contribution in [0.4, 0.5) is 0 Å². The maximum atomic E-state index is 13.3. The molecule has 0 unspecified atom stereocenters. The Balaban J connectivity index is 2.25. The van der Waals surface area contributed by atoms with E-state index in [2.05, 4.69) is 13.8 Å². The lowest BCUT2D eigenvalue weighted by Gasteiger charge is -2.23. The van der Waals surface area contributed by atoms with Crippen molar-refractivity contribution >= 4 is 27.7 Å². The van der Waals surface area contributed by atoms with Gasteiger partial charge in [0.1, 0.15) is 0 Å². The predicted molar refractivity (Wildman–Crippen MR) is 95.7 cm³/mol. The van der Waals surface area contributed by atoms with Gasteiger partial charge in [-0.15, -0.1) is 0 Å². The molecule has 0 aliphatic carbocycles. The number of amides is 1. The zero-order valence-corrected chi connectivity index (χ0v) is 13.7. The number of rotatable bonds is 5. The van der Waals surface area contributed by atoms with Crippen molar-refractivity contribution in [3.63, 3.8) is 0 Å². The number of nitrogens with zero attached hydrogens (tertiary/aromatic N) is 2. The van der Waals surface area contributed by atoms with Gasteiger partial charge in [0.15, 0.2) is 0 Å². The average Bonchev–Trinajstić information content (AvgIpc) is 2.59. The fourth-order valence-corrected chi connectivity index (χ4v) is 3.08. The van der Waals surface area contributed by atoms with Gasteiger partial charge in [-0.25, -0.2) is 4.98 Å². The molecular formula is C20H22N2O. The molecule has 0 saturated carbocycles. The molecule has 3 heteroatoms. The molecule has 0 radical (unpaired) electrons. The lowest BCUT2D eigenvalue weighted by atomic mass is 10.0. The molecule has 3 aromatic rings. The summed E-state index contributed by atoms with van der Waals surface area (Å²) < 4.78 is 0. The van der Waals surface area contributed by atoms with Crippen LogP contribution < -0.4 is 0 Å². The van der Waals surface area contributed by atoms with E-state index < -0.39 is 0 Å². The summed E-state index contributed by atoms with van der Waals surface area (Å²) in [6, 6.07) is 15.8. The van der Waals surface area contributed by atoms with E-state index in [1.807, 2.05) is 53.4 Å². The number of hydrogen-bond donors (Lipinski definition) is 0. The van der Waals surface area contributed by atoms with Gasteiger partial charge >= 0.3 is 0 Å². The van der Waals surface area contributed by atoms with Crippen LogP contribution in [0.5, 0.6) is 0 Å². The van der Waals surface area contributed by atoms with Gasteiger partial charge in [0.2, 0.25) is 0 Å². The Morgan fingerprint density at radius 3 is 1.83 bits per heavy atom. The Morgan fingerprint density at radius 2 is 1.35 bits per heavy atom. The second-order valence-electron chi connectivity index (χ2n) is 5.81. The van der Waals surface area contributed by atoms with Crippen LogP contribution in [0.2, 0.25) is 0 Å². The zero-order chi connectivity index (χ0) is 16.2. The van der Waals surface area contributed by atoms with Crippen LogP contribution >= 0.6 is 0 Å². The van der Waals surface area contributed by atoms with E-state index in [-0.39, 0.29) is 5.91 Å². The van der Waals surface area contributed by atoms with E-state index in [1.165, 1.54) is 0 Å². The Kier molecular flexibility index (Phi) is 4.56. The number of carbonyl (C=O) groups is 1. The lowest BCUT2D eigenvalue weighted by Crippen LogP contribution is -2.32. The molecule has 3 nitrogen and oxygen atoms in total. The van der Waals surface area contributed by atoms with E-state index in [0.29, 0.717) is 0 Å². The van der Waals surface area contributed by atoms with E-state index in [4.69, 9.17) is 4.98 Å². The Bertz CT molecular complexity index is 781. The first-order chi connectivity index (χ1) is 11.3. The number of fused-ring (bicyclic) bond motifs is 2. The summed E-state index contributed by atoms with van der Waals surface area (Å²) in [7, 11) is 0. The second-order valence-corrected chi connectivity index (χ2v) is 5.81. The maximum Gasteiger partial charge on any atom is 0.255 e. The molecule has 0 aliphatic heterocycles. The fourth-order valence-electron chi connectivity index (χ4n) is 3.08. The summed E-state index contributed by atoms with van der Waals surface area (Å²) in [5, 5.41) is 1.88. The third kappa shape index (κ3) is 2.91. The number of aromatic nitrogens is 1. The van der Waals surface area contributed by atoms with Gasteiger partial charge < -0.3 is 4.90 Å². The van der Waals surface area contributed by atoms with Gasteiger partial charge in [0.05, 0.1) is 16.6 Å². The van der Waals surface area contributed by atoms with E-state index in [0.717, 1.165) is 53.3 Å². The van der Waals surface area contributed by atoms with Crippen molar-refractivity contribution < 1.29 is 4.79 Å². The minimum atomic E-state index is 0.114. The quantitative estimate of drug-likeness (QED) is 0.643. The average molecular weight is 306 g/mol. The smallest absolute Gasteiger partial charge is 0.255 e. The lowest BCUT2D eigenvalue weighted by molar-refractivity contribution is 0.0759. The van der Waals surface area contributed by atoms with Crippen LogP contribution in [0, 0.1) is 0 Å². The Labute approximate surface area is 136 Å². The molecule has 0 bridgehead atoms.